The van der Waals surface area contributed by atoms with Gasteiger partial charge in [0, 0.05) is 6.04 Å². The summed E-state index contributed by atoms with van der Waals surface area (Å²) in [5, 5.41) is 3.29. The molecule has 0 aromatic heterocycles. The number of methoxy groups -OCH3 is 1. The van der Waals surface area contributed by atoms with Gasteiger partial charge in [0.25, 0.3) is 0 Å². The lowest BCUT2D eigenvalue weighted by atomic mass is 10.2. The van der Waals surface area contributed by atoms with Crippen molar-refractivity contribution in [1.29, 1.82) is 0 Å². The Morgan fingerprint density at radius 3 is 2.58 bits per heavy atom. The molecule has 70 valence electrons. The lowest BCUT2D eigenvalue weighted by molar-refractivity contribution is -0.144. The Hall–Kier alpha value is -0.570. The molecule has 0 spiro atoms. The van der Waals surface area contributed by atoms with Gasteiger partial charge in [-0.05, 0) is 26.2 Å². The molecule has 0 saturated heterocycles. The monoisotopic (exact) mass is 171 g/mol. The molecule has 1 aliphatic carbocycles. The number of rotatable bonds is 4. The Bertz CT molecular complexity index is 175. The maximum atomic E-state index is 11.3. The quantitative estimate of drug-likeness (QED) is 0.643. The molecule has 0 heterocycles. The first kappa shape index (κ1) is 9.52. The number of hydrogen-bond donors (Lipinski definition) is 1. The minimum atomic E-state index is -0.329. The summed E-state index contributed by atoms with van der Waals surface area (Å²) < 4.78 is 4.72. The van der Waals surface area contributed by atoms with E-state index in [4.69, 9.17) is 4.74 Å². The van der Waals surface area contributed by atoms with Gasteiger partial charge in [0.1, 0.15) is 5.54 Å². The van der Waals surface area contributed by atoms with Gasteiger partial charge < -0.3 is 4.74 Å². The van der Waals surface area contributed by atoms with Gasteiger partial charge in [-0.25, -0.2) is 0 Å². The summed E-state index contributed by atoms with van der Waals surface area (Å²) >= 11 is 0. The van der Waals surface area contributed by atoms with Crippen LogP contribution in [0.15, 0.2) is 0 Å². The highest BCUT2D eigenvalue weighted by atomic mass is 16.5. The lowest BCUT2D eigenvalue weighted by Crippen LogP contribution is -2.44. The predicted octanol–water partition coefficient (Wildman–Crippen LogP) is 1.08. The number of ether oxygens (including phenoxy) is 1. The van der Waals surface area contributed by atoms with Crippen LogP contribution in [0.1, 0.15) is 33.1 Å². The van der Waals surface area contributed by atoms with Crippen LogP contribution in [0.5, 0.6) is 0 Å². The Balaban J connectivity index is 2.44. The highest BCUT2D eigenvalue weighted by Crippen LogP contribution is 2.37. The predicted molar refractivity (Wildman–Crippen MR) is 46.9 cm³/mol. The molecule has 1 atom stereocenters. The van der Waals surface area contributed by atoms with E-state index in [2.05, 4.69) is 19.2 Å². The highest BCUT2D eigenvalue weighted by molar-refractivity contribution is 5.84. The molecule has 0 bridgehead atoms. The van der Waals surface area contributed by atoms with Crippen LogP contribution in [0.3, 0.4) is 0 Å². The van der Waals surface area contributed by atoms with Crippen molar-refractivity contribution in [3.05, 3.63) is 0 Å². The summed E-state index contributed by atoms with van der Waals surface area (Å²) in [6.07, 6.45) is 2.88. The largest absolute Gasteiger partial charge is 0.468 e. The van der Waals surface area contributed by atoms with E-state index in [1.54, 1.807) is 0 Å². The molecule has 3 nitrogen and oxygen atoms in total. The SMILES string of the molecule is CCC(C)NC1(C(=O)OC)CC1. The van der Waals surface area contributed by atoms with E-state index in [1.807, 2.05) is 0 Å². The second kappa shape index (κ2) is 3.44. The smallest absolute Gasteiger partial charge is 0.326 e. The van der Waals surface area contributed by atoms with Crippen molar-refractivity contribution < 1.29 is 9.53 Å². The first-order chi connectivity index (χ1) is 5.64. The van der Waals surface area contributed by atoms with Gasteiger partial charge >= 0.3 is 5.97 Å². The van der Waals surface area contributed by atoms with Crippen LogP contribution < -0.4 is 5.32 Å². The summed E-state index contributed by atoms with van der Waals surface area (Å²) in [6, 6.07) is 0.395. The van der Waals surface area contributed by atoms with E-state index in [0.717, 1.165) is 19.3 Å². The first-order valence-electron chi connectivity index (χ1n) is 4.50. The molecule has 12 heavy (non-hydrogen) atoms. The van der Waals surface area contributed by atoms with Crippen LogP contribution in [0.2, 0.25) is 0 Å². The fraction of sp³-hybridized carbons (Fsp3) is 0.889. The number of nitrogens with one attached hydrogen (secondary N) is 1. The summed E-state index contributed by atoms with van der Waals surface area (Å²) in [4.78, 5) is 11.3. The van der Waals surface area contributed by atoms with Gasteiger partial charge in [0.15, 0.2) is 0 Å². The average molecular weight is 171 g/mol. The molecule has 1 saturated carbocycles. The van der Waals surface area contributed by atoms with Crippen LogP contribution in [0.4, 0.5) is 0 Å². The maximum Gasteiger partial charge on any atom is 0.326 e. The highest BCUT2D eigenvalue weighted by Gasteiger charge is 2.51. The van der Waals surface area contributed by atoms with E-state index in [1.165, 1.54) is 7.11 Å². The van der Waals surface area contributed by atoms with Crippen LogP contribution in [0, 0.1) is 0 Å². The second-order valence-corrected chi connectivity index (χ2v) is 3.53. The minimum absolute atomic E-state index is 0.109. The molecule has 0 aliphatic heterocycles. The molecule has 0 aromatic carbocycles. The molecular formula is C9H17NO2. The van der Waals surface area contributed by atoms with E-state index in [-0.39, 0.29) is 11.5 Å². The Labute approximate surface area is 73.5 Å². The van der Waals surface area contributed by atoms with Gasteiger partial charge in [0.2, 0.25) is 0 Å². The van der Waals surface area contributed by atoms with Gasteiger partial charge in [0.05, 0.1) is 7.11 Å². The van der Waals surface area contributed by atoms with E-state index >= 15 is 0 Å². The molecular weight excluding hydrogens is 154 g/mol. The summed E-state index contributed by atoms with van der Waals surface area (Å²) in [5.41, 5.74) is -0.329. The van der Waals surface area contributed by atoms with Gasteiger partial charge in [-0.3, -0.25) is 10.1 Å². The van der Waals surface area contributed by atoms with Gasteiger partial charge in [-0.15, -0.1) is 0 Å². The summed E-state index contributed by atoms with van der Waals surface area (Å²) in [7, 11) is 1.45. The Morgan fingerprint density at radius 1 is 1.67 bits per heavy atom. The maximum absolute atomic E-state index is 11.3. The number of carbonyl (C=O) groups excluding carboxylic acids is 1. The van der Waals surface area contributed by atoms with E-state index < -0.39 is 0 Å². The molecule has 1 N–H and O–H groups in total. The Morgan fingerprint density at radius 2 is 2.25 bits per heavy atom. The van der Waals surface area contributed by atoms with Crippen molar-refractivity contribution in [2.45, 2.75) is 44.7 Å². The average Bonchev–Trinajstić information content (AvgIpc) is 2.84. The number of carbonyl (C=O) groups is 1. The van der Waals surface area contributed by atoms with Crippen molar-refractivity contribution in [2.24, 2.45) is 0 Å². The van der Waals surface area contributed by atoms with Crippen LogP contribution in [-0.4, -0.2) is 24.7 Å². The van der Waals surface area contributed by atoms with E-state index in [9.17, 15) is 4.79 Å². The Kier molecular flexibility index (Phi) is 2.73. The van der Waals surface area contributed by atoms with Gasteiger partial charge in [-0.1, -0.05) is 6.92 Å². The van der Waals surface area contributed by atoms with Crippen molar-refractivity contribution in [3.8, 4) is 0 Å². The summed E-state index contributed by atoms with van der Waals surface area (Å²) in [6.45, 7) is 4.19. The normalized spacial score (nSPS) is 21.6. The zero-order valence-electron chi connectivity index (χ0n) is 8.02. The molecule has 1 unspecified atom stereocenters. The summed E-state index contributed by atoms with van der Waals surface area (Å²) in [5.74, 6) is -0.109. The zero-order chi connectivity index (χ0) is 9.19. The molecule has 0 amide bonds. The van der Waals surface area contributed by atoms with Crippen LogP contribution >= 0.6 is 0 Å². The number of hydrogen-bond acceptors (Lipinski definition) is 3. The van der Waals surface area contributed by atoms with Crippen LogP contribution in [-0.2, 0) is 9.53 Å². The molecule has 1 fully saturated rings. The molecule has 1 aliphatic rings. The number of esters is 1. The lowest BCUT2D eigenvalue weighted by Gasteiger charge is -2.19. The fourth-order valence-electron chi connectivity index (χ4n) is 1.30. The second-order valence-electron chi connectivity index (χ2n) is 3.53. The third kappa shape index (κ3) is 1.78. The topological polar surface area (TPSA) is 38.3 Å². The van der Waals surface area contributed by atoms with Gasteiger partial charge in [-0.2, -0.15) is 0 Å². The zero-order valence-corrected chi connectivity index (χ0v) is 8.02. The van der Waals surface area contributed by atoms with Crippen molar-refractivity contribution in [1.82, 2.24) is 5.32 Å². The molecule has 0 radical (unpaired) electrons. The van der Waals surface area contributed by atoms with Crippen molar-refractivity contribution in [3.63, 3.8) is 0 Å². The molecule has 0 aromatic rings. The van der Waals surface area contributed by atoms with E-state index in [0.29, 0.717) is 6.04 Å². The third-order valence-corrected chi connectivity index (χ3v) is 2.46. The van der Waals surface area contributed by atoms with Crippen LogP contribution in [0.25, 0.3) is 0 Å². The van der Waals surface area contributed by atoms with Crippen molar-refractivity contribution in [2.75, 3.05) is 7.11 Å². The molecule has 3 heteroatoms. The first-order valence-corrected chi connectivity index (χ1v) is 4.50. The molecule has 1 rings (SSSR count). The third-order valence-electron chi connectivity index (χ3n) is 2.46. The minimum Gasteiger partial charge on any atom is -0.468 e. The standard InChI is InChI=1S/C9H17NO2/c1-4-7(2)10-9(5-6-9)8(11)12-3/h7,10H,4-6H2,1-3H3. The van der Waals surface area contributed by atoms with Crippen molar-refractivity contribution >= 4 is 5.97 Å². The fourth-order valence-corrected chi connectivity index (χ4v) is 1.30.